The number of nitrogens with zero attached hydrogens (tertiary/aromatic N) is 3. The molecule has 1 saturated heterocycles. The number of anilines is 1. The number of rotatable bonds is 9. The van der Waals surface area contributed by atoms with Crippen LogP contribution in [0.4, 0.5) is 23.8 Å². The number of hydrogen-bond acceptors (Lipinski definition) is 7. The number of pyridine rings is 1. The lowest BCUT2D eigenvalue weighted by molar-refractivity contribution is -0.140. The van der Waals surface area contributed by atoms with Crippen LogP contribution in [-0.4, -0.2) is 71.6 Å². The van der Waals surface area contributed by atoms with Crippen molar-refractivity contribution in [2.24, 2.45) is 0 Å². The molecular formula is C27H29F3N6O4. The van der Waals surface area contributed by atoms with Gasteiger partial charge in [0, 0.05) is 56.8 Å². The van der Waals surface area contributed by atoms with Gasteiger partial charge < -0.3 is 15.0 Å². The van der Waals surface area contributed by atoms with Gasteiger partial charge in [0.1, 0.15) is 18.2 Å². The molecule has 0 bridgehead atoms. The van der Waals surface area contributed by atoms with E-state index in [-0.39, 0.29) is 30.3 Å². The summed E-state index contributed by atoms with van der Waals surface area (Å²) in [6, 6.07) is 8.32. The van der Waals surface area contributed by atoms with Crippen molar-refractivity contribution < 1.29 is 32.3 Å². The molecule has 3 amide bonds. The summed E-state index contributed by atoms with van der Waals surface area (Å²) in [6.07, 6.45) is 0.355. The summed E-state index contributed by atoms with van der Waals surface area (Å²) in [5, 5.41) is 7.86. The molecule has 0 saturated carbocycles. The van der Waals surface area contributed by atoms with Gasteiger partial charge in [-0.25, -0.2) is 28.4 Å². The van der Waals surface area contributed by atoms with Crippen molar-refractivity contribution in [3.63, 3.8) is 0 Å². The molecule has 1 atom stereocenters. The van der Waals surface area contributed by atoms with Crippen molar-refractivity contribution in [2.45, 2.75) is 25.9 Å². The van der Waals surface area contributed by atoms with Crippen LogP contribution in [0.1, 0.15) is 18.9 Å². The maximum atomic E-state index is 14.2. The summed E-state index contributed by atoms with van der Waals surface area (Å²) in [4.78, 5) is 43.9. The second-order valence-electron chi connectivity index (χ2n) is 9.21. The molecule has 0 radical (unpaired) electrons. The Morgan fingerprint density at radius 1 is 1.10 bits per heavy atom. The van der Waals surface area contributed by atoms with Gasteiger partial charge >= 0.3 is 6.09 Å². The number of halogens is 3. The average Bonchev–Trinajstić information content (AvgIpc) is 2.93. The Morgan fingerprint density at radius 2 is 1.88 bits per heavy atom. The topological polar surface area (TPSA) is 116 Å². The van der Waals surface area contributed by atoms with E-state index in [1.807, 2.05) is 0 Å². The molecule has 1 aliphatic heterocycles. The third-order valence-electron chi connectivity index (χ3n) is 6.38. The predicted molar refractivity (Wildman–Crippen MR) is 140 cm³/mol. The van der Waals surface area contributed by atoms with Gasteiger partial charge in [0.05, 0.1) is 12.5 Å². The van der Waals surface area contributed by atoms with Crippen LogP contribution in [0.15, 0.2) is 48.7 Å². The van der Waals surface area contributed by atoms with Gasteiger partial charge in [-0.05, 0) is 35.7 Å². The third kappa shape index (κ3) is 7.45. The van der Waals surface area contributed by atoms with Crippen molar-refractivity contribution in [3.8, 4) is 0 Å². The van der Waals surface area contributed by atoms with E-state index < -0.39 is 42.1 Å². The largest absolute Gasteiger partial charge is 0.447 e. The maximum Gasteiger partial charge on any atom is 0.412 e. The molecule has 3 N–H and O–H groups in total. The molecule has 10 nitrogen and oxygen atoms in total. The number of carbonyl (C=O) groups excluding carboxylic acids is 3. The van der Waals surface area contributed by atoms with Crippen molar-refractivity contribution in [1.82, 2.24) is 25.6 Å². The van der Waals surface area contributed by atoms with Crippen molar-refractivity contribution in [3.05, 3.63) is 71.7 Å². The number of hydrogen-bond donors (Lipinski definition) is 3. The minimum Gasteiger partial charge on any atom is -0.447 e. The van der Waals surface area contributed by atoms with Gasteiger partial charge in [0.25, 0.3) is 0 Å². The van der Waals surface area contributed by atoms with Crippen LogP contribution in [0.25, 0.3) is 10.8 Å². The van der Waals surface area contributed by atoms with Gasteiger partial charge in [0.2, 0.25) is 11.8 Å². The number of amides is 3. The van der Waals surface area contributed by atoms with Crippen molar-refractivity contribution >= 4 is 34.5 Å². The average molecular weight is 559 g/mol. The molecule has 2 aromatic carbocycles. The summed E-state index contributed by atoms with van der Waals surface area (Å²) in [5.74, 6) is -3.23. The second-order valence-corrected chi connectivity index (χ2v) is 9.21. The van der Waals surface area contributed by atoms with Crippen LogP contribution in [0.2, 0.25) is 0 Å². The van der Waals surface area contributed by atoms with E-state index in [0.717, 1.165) is 11.1 Å². The Balaban J connectivity index is 1.46. The van der Waals surface area contributed by atoms with Crippen LogP contribution in [0.3, 0.4) is 0 Å². The number of aromatic nitrogens is 1. The van der Waals surface area contributed by atoms with E-state index in [2.05, 4.69) is 21.0 Å². The van der Waals surface area contributed by atoms with Crippen LogP contribution >= 0.6 is 0 Å². The van der Waals surface area contributed by atoms with E-state index in [0.29, 0.717) is 37.0 Å². The second kappa shape index (κ2) is 13.2. The predicted octanol–water partition coefficient (Wildman–Crippen LogP) is 2.94. The summed E-state index contributed by atoms with van der Waals surface area (Å²) in [6.45, 7) is 2.76. The first-order valence-corrected chi connectivity index (χ1v) is 12.6. The molecule has 0 spiro atoms. The van der Waals surface area contributed by atoms with Gasteiger partial charge in [0.15, 0.2) is 11.6 Å². The summed E-state index contributed by atoms with van der Waals surface area (Å²) in [5.41, 5.74) is 2.71. The Hall–Kier alpha value is -4.23. The first kappa shape index (κ1) is 28.8. The van der Waals surface area contributed by atoms with E-state index in [1.165, 1.54) is 43.5 Å². The fourth-order valence-corrected chi connectivity index (χ4v) is 4.32. The number of benzene rings is 2. The number of fused-ring (bicyclic) bond motifs is 1. The molecule has 1 aliphatic rings. The number of ether oxygens (including phenoxy) is 1. The fourth-order valence-electron chi connectivity index (χ4n) is 4.32. The third-order valence-corrected chi connectivity index (χ3v) is 6.38. The Labute approximate surface area is 228 Å². The van der Waals surface area contributed by atoms with Crippen LogP contribution in [-0.2, 0) is 20.9 Å². The Morgan fingerprint density at radius 3 is 2.62 bits per heavy atom. The van der Waals surface area contributed by atoms with Gasteiger partial charge in [-0.2, -0.15) is 0 Å². The van der Waals surface area contributed by atoms with E-state index in [1.54, 1.807) is 11.0 Å². The standard InChI is InChI=1S/C27H29F3N6O4/c1-17(37)36(33-15-19-3-2-4-23(29)26(19)30)22(13-25(38)35-9-7-31-8-10-35)16-40-27(39)34-24-12-20-11-21(28)6-5-18(20)14-32-24/h2-6,11-12,14,22,31,33H,7-10,13,15-16H2,1H3,(H,32,34,39)/t22-/m0/s1. The Kier molecular flexibility index (Phi) is 9.51. The highest BCUT2D eigenvalue weighted by Crippen LogP contribution is 2.18. The van der Waals surface area contributed by atoms with Gasteiger partial charge in [-0.15, -0.1) is 0 Å². The number of hydrazine groups is 1. The zero-order valence-electron chi connectivity index (χ0n) is 21.8. The molecule has 40 heavy (non-hydrogen) atoms. The maximum absolute atomic E-state index is 14.2. The quantitative estimate of drug-likeness (QED) is 0.346. The first-order chi connectivity index (χ1) is 19.2. The van der Waals surface area contributed by atoms with Crippen LogP contribution < -0.4 is 16.1 Å². The van der Waals surface area contributed by atoms with E-state index in [4.69, 9.17) is 4.74 Å². The lowest BCUT2D eigenvalue weighted by atomic mass is 10.1. The van der Waals surface area contributed by atoms with Gasteiger partial charge in [-0.1, -0.05) is 12.1 Å². The zero-order chi connectivity index (χ0) is 28.6. The molecule has 1 aromatic heterocycles. The summed E-state index contributed by atoms with van der Waals surface area (Å²) in [7, 11) is 0. The van der Waals surface area contributed by atoms with E-state index >= 15 is 0 Å². The first-order valence-electron chi connectivity index (χ1n) is 12.6. The van der Waals surface area contributed by atoms with Crippen molar-refractivity contribution in [1.29, 1.82) is 0 Å². The zero-order valence-corrected chi connectivity index (χ0v) is 21.8. The molecule has 0 aliphatic carbocycles. The minimum atomic E-state index is -1.06. The number of nitrogens with one attached hydrogen (secondary N) is 3. The Bertz CT molecular complexity index is 1390. The number of carbonyl (C=O) groups is 3. The number of piperazine rings is 1. The monoisotopic (exact) mass is 558 g/mol. The summed E-state index contributed by atoms with van der Waals surface area (Å²) < 4.78 is 46.8. The minimum absolute atomic E-state index is 0.0316. The lowest BCUT2D eigenvalue weighted by Gasteiger charge is -2.33. The molecule has 212 valence electrons. The molecule has 1 fully saturated rings. The molecule has 0 unspecified atom stereocenters. The molecule has 4 rings (SSSR count). The highest BCUT2D eigenvalue weighted by molar-refractivity contribution is 5.89. The molecule has 2 heterocycles. The lowest BCUT2D eigenvalue weighted by Crippen LogP contribution is -2.54. The SMILES string of the molecule is CC(=O)N(NCc1cccc(F)c1F)[C@H](COC(=O)Nc1cc2cc(F)ccc2cn1)CC(=O)N1CCNCC1. The molecule has 13 heteroatoms. The highest BCUT2D eigenvalue weighted by Gasteiger charge is 2.29. The van der Waals surface area contributed by atoms with Crippen LogP contribution in [0.5, 0.6) is 0 Å². The van der Waals surface area contributed by atoms with E-state index in [9.17, 15) is 27.6 Å². The van der Waals surface area contributed by atoms with Crippen LogP contribution in [0, 0.1) is 17.5 Å². The highest BCUT2D eigenvalue weighted by atomic mass is 19.2. The normalized spacial score (nSPS) is 14.1. The smallest absolute Gasteiger partial charge is 0.412 e. The molecule has 3 aromatic rings. The van der Waals surface area contributed by atoms with Gasteiger partial charge in [-0.3, -0.25) is 19.9 Å². The molecular weight excluding hydrogens is 529 g/mol. The van der Waals surface area contributed by atoms with Crippen molar-refractivity contribution in [2.75, 3.05) is 38.1 Å². The fraction of sp³-hybridized carbons (Fsp3) is 0.333. The summed E-state index contributed by atoms with van der Waals surface area (Å²) >= 11 is 0.